The van der Waals surface area contributed by atoms with Crippen LogP contribution in [0.15, 0.2) is 0 Å². The third-order valence-corrected chi connectivity index (χ3v) is 4.34. The summed E-state index contributed by atoms with van der Waals surface area (Å²) in [5.41, 5.74) is 0. The number of aliphatic hydroxyl groups excluding tert-OH is 6. The Hall–Kier alpha value is -0.890. The summed E-state index contributed by atoms with van der Waals surface area (Å²) in [6.45, 7) is 2.05. The number of carbonyl (C=O) groups is 1. The number of hydrogen-bond acceptors (Lipinski definition) is 10. The second-order valence-corrected chi connectivity index (χ2v) is 6.25. The molecule has 2 aliphatic rings. The lowest BCUT2D eigenvalue weighted by atomic mass is 9.95. The van der Waals surface area contributed by atoms with E-state index >= 15 is 0 Å². The molecule has 0 unspecified atom stereocenters. The average molecular weight is 367 g/mol. The first-order valence-electron chi connectivity index (χ1n) is 7.92. The normalized spacial score (nSPS) is 48.2. The SMILES string of the molecule is CC(=O)N[C@H]1[C@H](O[C@@H]2[C@@H](O)[C@@H](O)[C@H](O)O[C@H]2C)O[C@H](CO)[C@H](O)[C@@H]1O. The van der Waals surface area contributed by atoms with Gasteiger partial charge in [-0.25, -0.2) is 0 Å². The van der Waals surface area contributed by atoms with Crippen LogP contribution < -0.4 is 5.32 Å². The van der Waals surface area contributed by atoms with Crippen molar-refractivity contribution in [2.24, 2.45) is 0 Å². The first-order chi connectivity index (χ1) is 11.7. The third-order valence-electron chi connectivity index (χ3n) is 4.34. The van der Waals surface area contributed by atoms with Crippen LogP contribution in [0.25, 0.3) is 0 Å². The number of carbonyl (C=O) groups excluding carboxylic acids is 1. The van der Waals surface area contributed by atoms with Crippen LogP contribution in [0.3, 0.4) is 0 Å². The fraction of sp³-hybridized carbons (Fsp3) is 0.929. The third kappa shape index (κ3) is 4.27. The zero-order valence-electron chi connectivity index (χ0n) is 13.8. The van der Waals surface area contributed by atoms with E-state index < -0.39 is 73.9 Å². The van der Waals surface area contributed by atoms with Crippen LogP contribution in [-0.4, -0.2) is 105 Å². The minimum absolute atomic E-state index is 0.528. The molecule has 10 atom stereocenters. The molecule has 2 rings (SSSR count). The summed E-state index contributed by atoms with van der Waals surface area (Å²) in [6, 6.07) is -1.20. The van der Waals surface area contributed by atoms with E-state index in [1.165, 1.54) is 13.8 Å². The van der Waals surface area contributed by atoms with E-state index in [1.54, 1.807) is 0 Å². The van der Waals surface area contributed by atoms with E-state index in [1.807, 2.05) is 0 Å². The van der Waals surface area contributed by atoms with Gasteiger partial charge in [0.15, 0.2) is 12.6 Å². The van der Waals surface area contributed by atoms with Gasteiger partial charge in [-0.1, -0.05) is 0 Å². The van der Waals surface area contributed by atoms with Crippen molar-refractivity contribution in [3.8, 4) is 0 Å². The number of rotatable bonds is 4. The molecule has 0 bridgehead atoms. The fourth-order valence-corrected chi connectivity index (χ4v) is 2.95. The summed E-state index contributed by atoms with van der Waals surface area (Å²) >= 11 is 0. The first kappa shape index (κ1) is 20.4. The Morgan fingerprint density at radius 2 is 1.68 bits per heavy atom. The Balaban J connectivity index is 2.19. The molecule has 0 aromatic heterocycles. The molecule has 7 N–H and O–H groups in total. The Bertz CT molecular complexity index is 465. The molecule has 0 aliphatic carbocycles. The maximum atomic E-state index is 11.4. The van der Waals surface area contributed by atoms with Gasteiger partial charge in [0, 0.05) is 6.92 Å². The molecule has 0 spiro atoms. The maximum absolute atomic E-state index is 11.4. The Labute approximate surface area is 143 Å². The van der Waals surface area contributed by atoms with Gasteiger partial charge in [0.2, 0.25) is 5.91 Å². The van der Waals surface area contributed by atoms with E-state index in [0.29, 0.717) is 0 Å². The van der Waals surface area contributed by atoms with Crippen LogP contribution >= 0.6 is 0 Å². The predicted octanol–water partition coefficient (Wildman–Crippen LogP) is -4.23. The molecule has 2 saturated heterocycles. The molecular formula is C14H25NO10. The zero-order chi connectivity index (χ0) is 18.9. The molecule has 2 aliphatic heterocycles. The quantitative estimate of drug-likeness (QED) is 0.257. The summed E-state index contributed by atoms with van der Waals surface area (Å²) in [5.74, 6) is -0.528. The molecule has 0 saturated carbocycles. The summed E-state index contributed by atoms with van der Waals surface area (Å²) in [5, 5.41) is 61.1. The summed E-state index contributed by atoms with van der Waals surface area (Å²) in [7, 11) is 0. The second-order valence-electron chi connectivity index (χ2n) is 6.25. The lowest BCUT2D eigenvalue weighted by molar-refractivity contribution is -0.336. The minimum atomic E-state index is -1.63. The van der Waals surface area contributed by atoms with Crippen molar-refractivity contribution >= 4 is 5.91 Å². The average Bonchev–Trinajstić information content (AvgIpc) is 2.55. The molecule has 1 amide bonds. The molecular weight excluding hydrogens is 342 g/mol. The van der Waals surface area contributed by atoms with Crippen LogP contribution in [-0.2, 0) is 19.0 Å². The molecule has 2 heterocycles. The van der Waals surface area contributed by atoms with Gasteiger partial charge in [-0.15, -0.1) is 0 Å². The fourth-order valence-electron chi connectivity index (χ4n) is 2.95. The Kier molecular flexibility index (Phi) is 6.70. The van der Waals surface area contributed by atoms with Gasteiger partial charge in [-0.2, -0.15) is 0 Å². The van der Waals surface area contributed by atoms with Crippen molar-refractivity contribution in [3.63, 3.8) is 0 Å². The first-order valence-corrected chi connectivity index (χ1v) is 7.92. The highest BCUT2D eigenvalue weighted by molar-refractivity contribution is 5.73. The molecule has 0 aromatic carbocycles. The van der Waals surface area contributed by atoms with Crippen molar-refractivity contribution < 1.29 is 49.6 Å². The monoisotopic (exact) mass is 367 g/mol. The highest BCUT2D eigenvalue weighted by Crippen LogP contribution is 2.28. The number of nitrogens with one attached hydrogen (secondary N) is 1. The van der Waals surface area contributed by atoms with Crippen LogP contribution in [0.1, 0.15) is 13.8 Å². The van der Waals surface area contributed by atoms with Gasteiger partial charge in [-0.3, -0.25) is 4.79 Å². The van der Waals surface area contributed by atoms with E-state index in [-0.39, 0.29) is 0 Å². The van der Waals surface area contributed by atoms with Crippen LogP contribution in [0.5, 0.6) is 0 Å². The molecule has 0 radical (unpaired) electrons. The highest BCUT2D eigenvalue weighted by atomic mass is 16.7. The number of ether oxygens (including phenoxy) is 3. The van der Waals surface area contributed by atoms with Crippen molar-refractivity contribution in [1.82, 2.24) is 5.32 Å². The highest BCUT2D eigenvalue weighted by Gasteiger charge is 2.49. The van der Waals surface area contributed by atoms with E-state index in [4.69, 9.17) is 14.2 Å². The topological polar surface area (TPSA) is 178 Å². The zero-order valence-corrected chi connectivity index (χ0v) is 13.8. The Morgan fingerprint density at radius 3 is 2.24 bits per heavy atom. The molecule has 25 heavy (non-hydrogen) atoms. The van der Waals surface area contributed by atoms with E-state index in [9.17, 15) is 35.4 Å². The largest absolute Gasteiger partial charge is 0.394 e. The smallest absolute Gasteiger partial charge is 0.217 e. The number of hydrogen-bond donors (Lipinski definition) is 7. The second kappa shape index (κ2) is 8.20. The summed E-state index contributed by atoms with van der Waals surface area (Å²) < 4.78 is 16.0. The molecule has 11 nitrogen and oxygen atoms in total. The standard InChI is InChI=1S/C14H25NO10/c1-4-12(10(20)11(21)13(22)23-4)25-14-7(15-5(2)17)9(19)8(18)6(3-16)24-14/h4,6-14,16,18-22H,3H2,1-2H3,(H,15,17)/t4-,6+,7+,8-,9+,10-,11+,12-,13+,14-/m0/s1. The minimum Gasteiger partial charge on any atom is -0.394 e. The Morgan fingerprint density at radius 1 is 1.04 bits per heavy atom. The van der Waals surface area contributed by atoms with Gasteiger partial charge in [0.25, 0.3) is 0 Å². The van der Waals surface area contributed by atoms with Gasteiger partial charge in [0.1, 0.15) is 42.7 Å². The lowest BCUT2D eigenvalue weighted by Gasteiger charge is -2.46. The van der Waals surface area contributed by atoms with Crippen molar-refractivity contribution in [1.29, 1.82) is 0 Å². The number of aliphatic hydroxyl groups is 6. The summed E-state index contributed by atoms with van der Waals surface area (Å²) in [4.78, 5) is 11.4. The van der Waals surface area contributed by atoms with Gasteiger partial charge < -0.3 is 50.2 Å². The van der Waals surface area contributed by atoms with Gasteiger partial charge in [0.05, 0.1) is 12.7 Å². The van der Waals surface area contributed by atoms with Crippen molar-refractivity contribution in [3.05, 3.63) is 0 Å². The van der Waals surface area contributed by atoms with Gasteiger partial charge >= 0.3 is 0 Å². The number of amides is 1. The van der Waals surface area contributed by atoms with Crippen LogP contribution in [0.4, 0.5) is 0 Å². The molecule has 2 fully saturated rings. The molecule has 11 heteroatoms. The van der Waals surface area contributed by atoms with Crippen LogP contribution in [0, 0.1) is 0 Å². The molecule has 146 valence electrons. The van der Waals surface area contributed by atoms with Crippen molar-refractivity contribution in [2.45, 2.75) is 75.2 Å². The lowest BCUT2D eigenvalue weighted by Crippen LogP contribution is -2.67. The predicted molar refractivity (Wildman–Crippen MR) is 78.8 cm³/mol. The van der Waals surface area contributed by atoms with Crippen LogP contribution in [0.2, 0.25) is 0 Å². The van der Waals surface area contributed by atoms with E-state index in [0.717, 1.165) is 0 Å². The van der Waals surface area contributed by atoms with E-state index in [2.05, 4.69) is 5.32 Å². The summed E-state index contributed by atoms with van der Waals surface area (Å²) in [6.07, 6.45) is -12.3. The van der Waals surface area contributed by atoms with Gasteiger partial charge in [-0.05, 0) is 6.92 Å². The maximum Gasteiger partial charge on any atom is 0.217 e. The van der Waals surface area contributed by atoms with Crippen molar-refractivity contribution in [2.75, 3.05) is 6.61 Å². The molecule has 0 aromatic rings.